The minimum Gasteiger partial charge on any atom is -0.382 e. The van der Waals surface area contributed by atoms with Crippen molar-refractivity contribution in [2.45, 2.75) is 49.2 Å². The van der Waals surface area contributed by atoms with E-state index in [1.54, 1.807) is 0 Å². The highest BCUT2D eigenvalue weighted by molar-refractivity contribution is 8.54. The van der Waals surface area contributed by atoms with Gasteiger partial charge in [-0.25, -0.2) is 33.3 Å². The number of nitrogens with two attached hydrogens (primary N) is 2. The molecular formula is C23H28F2N10O9P2S2. The van der Waals surface area contributed by atoms with E-state index in [-0.39, 0.29) is 39.6 Å². The van der Waals surface area contributed by atoms with Crippen LogP contribution in [0.2, 0.25) is 0 Å². The zero-order valence-electron chi connectivity index (χ0n) is 24.6. The van der Waals surface area contributed by atoms with Crippen LogP contribution in [0.4, 0.5) is 20.5 Å². The summed E-state index contributed by atoms with van der Waals surface area (Å²) in [5.74, 6) is -0.185. The van der Waals surface area contributed by atoms with Gasteiger partial charge in [0.15, 0.2) is 47.4 Å². The van der Waals surface area contributed by atoms with Crippen LogP contribution >= 0.6 is 38.2 Å². The van der Waals surface area contributed by atoms with E-state index < -0.39 is 88.5 Å². The topological polar surface area (TPSA) is 249 Å². The van der Waals surface area contributed by atoms with Crippen molar-refractivity contribution < 1.29 is 45.7 Å². The van der Waals surface area contributed by atoms with Crippen LogP contribution in [0.1, 0.15) is 12.5 Å². The highest BCUT2D eigenvalue weighted by Gasteiger charge is 2.53. The van der Waals surface area contributed by atoms with Crippen molar-refractivity contribution in [3.63, 3.8) is 0 Å². The minimum atomic E-state index is -4.27. The van der Waals surface area contributed by atoms with Gasteiger partial charge in [0, 0.05) is 0 Å². The molecule has 0 saturated carbocycles. The number of anilines is 2. The summed E-state index contributed by atoms with van der Waals surface area (Å²) in [5.41, 5.74) is 10.8. The fourth-order valence-corrected chi connectivity index (χ4v) is 9.27. The Morgan fingerprint density at radius 1 is 0.979 bits per heavy atom. The number of fused-ring (bicyclic) bond motifs is 5. The van der Waals surface area contributed by atoms with Crippen LogP contribution in [0.15, 0.2) is 23.8 Å². The van der Waals surface area contributed by atoms with Crippen molar-refractivity contribution in [3.8, 4) is 0 Å². The van der Waals surface area contributed by atoms with Crippen LogP contribution in [-0.2, 0) is 36.9 Å². The van der Waals surface area contributed by atoms with Gasteiger partial charge in [-0.2, -0.15) is 17.6 Å². The average Bonchev–Trinajstić information content (AvgIpc) is 3.83. The molecule has 7 heterocycles. The van der Waals surface area contributed by atoms with E-state index in [1.165, 1.54) is 28.0 Å². The number of imidazole rings is 2. The first-order valence-electron chi connectivity index (χ1n) is 14.1. The number of aromatic nitrogens is 8. The van der Waals surface area contributed by atoms with E-state index in [0.29, 0.717) is 11.4 Å². The average molecular weight is 753 g/mol. The second kappa shape index (κ2) is 12.9. The van der Waals surface area contributed by atoms with Gasteiger partial charge in [-0.15, -0.1) is 0 Å². The smallest absolute Gasteiger partial charge is 0.382 e. The Morgan fingerprint density at radius 3 is 2.44 bits per heavy atom. The Kier molecular flexibility index (Phi) is 9.05. The normalized spacial score (nSPS) is 36.3. The molecule has 3 aliphatic heterocycles. The third-order valence-corrected chi connectivity index (χ3v) is 14.2. The zero-order chi connectivity index (χ0) is 34.0. The van der Waals surface area contributed by atoms with E-state index in [4.69, 9.17) is 39.2 Å². The third kappa shape index (κ3) is 5.92. The summed E-state index contributed by atoms with van der Waals surface area (Å²) in [6.45, 7) is -5.44. The van der Waals surface area contributed by atoms with Crippen molar-refractivity contribution in [2.24, 2.45) is 0 Å². The van der Waals surface area contributed by atoms with Crippen molar-refractivity contribution in [1.82, 2.24) is 39.0 Å². The number of hydrogen-bond acceptors (Lipinski definition) is 18. The zero-order valence-corrected chi connectivity index (χ0v) is 28.1. The Morgan fingerprint density at radius 2 is 1.69 bits per heavy atom. The first kappa shape index (κ1) is 33.8. The summed E-state index contributed by atoms with van der Waals surface area (Å²) < 4.78 is 97.5. The van der Waals surface area contributed by atoms with Crippen LogP contribution in [0.25, 0.3) is 22.3 Å². The summed E-state index contributed by atoms with van der Waals surface area (Å²) in [6, 6.07) is 0. The second-order valence-electron chi connectivity index (χ2n) is 10.9. The molecule has 4 aromatic heterocycles. The molecule has 10 atom stereocenters. The number of hydrogen-bond donors (Lipinski definition) is 4. The maximum Gasteiger partial charge on any atom is 0.389 e. The molecule has 260 valence electrons. The van der Waals surface area contributed by atoms with Crippen molar-refractivity contribution >= 4 is 72.3 Å². The lowest BCUT2D eigenvalue weighted by Gasteiger charge is -2.27. The van der Waals surface area contributed by atoms with E-state index >= 15 is 8.78 Å². The maximum absolute atomic E-state index is 16.2. The molecule has 3 saturated heterocycles. The molecule has 2 unspecified atom stereocenters. The van der Waals surface area contributed by atoms with Crippen molar-refractivity contribution in [2.75, 3.05) is 42.8 Å². The first-order valence-corrected chi connectivity index (χ1v) is 20.1. The monoisotopic (exact) mass is 752 g/mol. The molecule has 4 aromatic rings. The fraction of sp³-hybridized carbons (Fsp3) is 0.565. The lowest BCUT2D eigenvalue weighted by atomic mass is 10.1. The maximum atomic E-state index is 16.2. The predicted octanol–water partition coefficient (Wildman–Crippen LogP) is 2.01. The number of thiol groups is 1. The number of ether oxygens (including phenoxy) is 3. The summed E-state index contributed by atoms with van der Waals surface area (Å²) in [4.78, 5) is 35.0. The molecule has 19 nitrogen and oxygen atoms in total. The summed E-state index contributed by atoms with van der Waals surface area (Å²) in [5, 5.41) is 0. The van der Waals surface area contributed by atoms with Gasteiger partial charge in [0.05, 0.1) is 31.4 Å². The molecule has 5 N–H and O–H groups in total. The van der Waals surface area contributed by atoms with Crippen LogP contribution in [0.3, 0.4) is 0 Å². The number of nitrogen functional groups attached to an aromatic ring is 2. The minimum absolute atomic E-state index is 0.0628. The first-order chi connectivity index (χ1) is 22.9. The molecule has 2 bridgehead atoms. The summed E-state index contributed by atoms with van der Waals surface area (Å²) in [6.07, 6.45) is -8.17. The number of aromatic amines is 1. The van der Waals surface area contributed by atoms with E-state index in [2.05, 4.69) is 42.5 Å². The largest absolute Gasteiger partial charge is 0.389 e. The van der Waals surface area contributed by atoms with Gasteiger partial charge < -0.3 is 30.2 Å². The number of rotatable bonds is 4. The highest BCUT2D eigenvalue weighted by Crippen LogP contribution is 2.63. The van der Waals surface area contributed by atoms with Gasteiger partial charge in [-0.3, -0.25) is 32.5 Å². The number of halogens is 2. The lowest BCUT2D eigenvalue weighted by molar-refractivity contribution is -0.0547. The number of alkyl halides is 2. The molecule has 48 heavy (non-hydrogen) atoms. The number of H-pyrrole nitrogens is 1. The lowest BCUT2D eigenvalue weighted by Crippen LogP contribution is -2.36. The van der Waals surface area contributed by atoms with Gasteiger partial charge in [0.2, 0.25) is 13.3 Å². The number of nitrogens with one attached hydrogen (secondary N) is 1. The molecule has 0 radical (unpaired) electrons. The molecule has 3 fully saturated rings. The molecular weight excluding hydrogens is 724 g/mol. The van der Waals surface area contributed by atoms with Gasteiger partial charge in [-0.1, -0.05) is 0 Å². The molecule has 0 aromatic carbocycles. The highest BCUT2D eigenvalue weighted by atomic mass is 32.7. The van der Waals surface area contributed by atoms with E-state index in [1.807, 2.05) is 0 Å². The molecule has 0 amide bonds. The number of nitrogens with zero attached hydrogens (tertiary/aromatic N) is 7. The quantitative estimate of drug-likeness (QED) is 0.172. The molecule has 0 aliphatic carbocycles. The third-order valence-electron chi connectivity index (χ3n) is 7.94. The molecule has 25 heteroatoms. The Balaban J connectivity index is 1.23. The Bertz CT molecular complexity index is 2010. The van der Waals surface area contributed by atoms with Gasteiger partial charge >= 0.3 is 6.80 Å². The Labute approximate surface area is 277 Å². The van der Waals surface area contributed by atoms with Crippen LogP contribution in [0, 0.1) is 0 Å². The molecule has 3 aliphatic rings. The van der Waals surface area contributed by atoms with Crippen molar-refractivity contribution in [3.05, 3.63) is 29.3 Å². The van der Waals surface area contributed by atoms with E-state index in [9.17, 15) is 13.9 Å². The predicted molar refractivity (Wildman–Crippen MR) is 169 cm³/mol. The van der Waals surface area contributed by atoms with Gasteiger partial charge in [0.1, 0.15) is 42.6 Å². The standard InChI is InChI=1S/C23H28F2N10O9P2S2/c1-48-46(38)41-3-10-15(12(25)21(43-10)34-5-30-13-17(26)28-4-29-18(13)34)39-7-45(37,8-47)40-2-9-11(24)16(44-46)22(42-9)35-6-31-14-19(35)32-23(27)33-20(14)36/h4-6,9-12,15-16,21-22,47H,2-3,7-8H2,1H3,(H2,26,28,29)(H3,27,32,33,36)/t9-,10-,11-,12-,15-,16-,21-,22-,45?,46?/m1/s1. The summed E-state index contributed by atoms with van der Waals surface area (Å²) in [7, 11) is -3.81. The summed E-state index contributed by atoms with van der Waals surface area (Å²) >= 11 is 4.80. The SMILES string of the molecule is CSP1(=O)OC[C@H]2O[C@@H](n3cnc4c(N)ncnc43)[C@H](F)[C@@H]2OCP(=O)(CS)OC[C@H]2O[C@@H](n3cnc4c(=O)[nH]c(N)nc43)[C@H](O1)[C@@H]2F. The van der Waals surface area contributed by atoms with Crippen LogP contribution < -0.4 is 17.0 Å². The second-order valence-corrected chi connectivity index (χ2v) is 18.3. The van der Waals surface area contributed by atoms with Crippen LogP contribution in [0.5, 0.6) is 0 Å². The Hall–Kier alpha value is -2.72. The van der Waals surface area contributed by atoms with Gasteiger partial charge in [-0.05, 0) is 17.6 Å². The van der Waals surface area contributed by atoms with Gasteiger partial charge in [0.25, 0.3) is 5.56 Å². The molecule has 0 spiro atoms. The van der Waals surface area contributed by atoms with E-state index in [0.717, 1.165) is 6.33 Å². The van der Waals surface area contributed by atoms with Crippen molar-refractivity contribution in [1.29, 1.82) is 0 Å². The molecule has 7 rings (SSSR count). The fourth-order valence-electron chi connectivity index (χ4n) is 5.57. The van der Waals surface area contributed by atoms with Crippen LogP contribution in [-0.4, -0.2) is 107 Å².